The summed E-state index contributed by atoms with van der Waals surface area (Å²) in [5, 5.41) is 3.12. The van der Waals surface area contributed by atoms with E-state index in [2.05, 4.69) is 14.9 Å². The number of hydrogen-bond donors (Lipinski definition) is 2. The molecule has 1 aromatic carbocycles. The van der Waals surface area contributed by atoms with E-state index in [9.17, 15) is 13.2 Å². The molecule has 0 atom stereocenters. The number of benzene rings is 1. The minimum Gasteiger partial charge on any atom is -0.350 e. The van der Waals surface area contributed by atoms with Crippen molar-refractivity contribution in [3.05, 3.63) is 29.8 Å². The fourth-order valence-electron chi connectivity index (χ4n) is 4.61. The SMILES string of the molecule is CCNS(=O)(=O)c1cccc(C(=O)NCC2(N3CCCCC3)CCCCC2)c1. The second-order valence-corrected chi connectivity index (χ2v) is 9.81. The number of nitrogens with zero attached hydrogens (tertiary/aromatic N) is 1. The Kier molecular flexibility index (Phi) is 7.12. The predicted molar refractivity (Wildman–Crippen MR) is 111 cm³/mol. The van der Waals surface area contributed by atoms with Gasteiger partial charge >= 0.3 is 0 Å². The molecule has 1 saturated heterocycles. The molecule has 3 rings (SSSR count). The third kappa shape index (κ3) is 4.93. The molecule has 1 amide bonds. The van der Waals surface area contributed by atoms with Gasteiger partial charge in [0.1, 0.15) is 0 Å². The van der Waals surface area contributed by atoms with E-state index in [0.29, 0.717) is 18.7 Å². The topological polar surface area (TPSA) is 78.5 Å². The number of sulfonamides is 1. The van der Waals surface area contributed by atoms with Crippen LogP contribution < -0.4 is 10.0 Å². The van der Waals surface area contributed by atoms with Crippen LogP contribution in [0.1, 0.15) is 68.6 Å². The van der Waals surface area contributed by atoms with Crippen LogP contribution in [0.2, 0.25) is 0 Å². The van der Waals surface area contributed by atoms with E-state index >= 15 is 0 Å². The first-order valence-corrected chi connectivity index (χ1v) is 12.1. The van der Waals surface area contributed by atoms with Gasteiger partial charge in [-0.15, -0.1) is 0 Å². The van der Waals surface area contributed by atoms with E-state index < -0.39 is 10.0 Å². The molecule has 1 aliphatic carbocycles. The maximum Gasteiger partial charge on any atom is 0.251 e. The lowest BCUT2D eigenvalue weighted by Crippen LogP contribution is -2.58. The van der Waals surface area contributed by atoms with Crippen molar-refractivity contribution in [2.24, 2.45) is 0 Å². The molecule has 0 spiro atoms. The molecule has 2 N–H and O–H groups in total. The van der Waals surface area contributed by atoms with Crippen LogP contribution in [-0.2, 0) is 10.0 Å². The molecule has 0 bridgehead atoms. The molecule has 2 aliphatic rings. The highest BCUT2D eigenvalue weighted by Crippen LogP contribution is 2.35. The van der Waals surface area contributed by atoms with Crippen molar-refractivity contribution >= 4 is 15.9 Å². The quantitative estimate of drug-likeness (QED) is 0.728. The van der Waals surface area contributed by atoms with Crippen molar-refractivity contribution in [1.82, 2.24) is 14.9 Å². The fourth-order valence-corrected chi connectivity index (χ4v) is 5.69. The van der Waals surface area contributed by atoms with Gasteiger partial charge in [-0.3, -0.25) is 9.69 Å². The van der Waals surface area contributed by atoms with Gasteiger partial charge in [0, 0.05) is 24.2 Å². The highest BCUT2D eigenvalue weighted by molar-refractivity contribution is 7.89. The Labute approximate surface area is 169 Å². The molecule has 6 nitrogen and oxygen atoms in total. The number of likely N-dealkylation sites (tertiary alicyclic amines) is 1. The summed E-state index contributed by atoms with van der Waals surface area (Å²) in [6.07, 6.45) is 9.72. The molecule has 0 unspecified atom stereocenters. The number of nitrogens with one attached hydrogen (secondary N) is 2. The van der Waals surface area contributed by atoms with Crippen LogP contribution in [0, 0.1) is 0 Å². The minimum absolute atomic E-state index is 0.0573. The number of rotatable bonds is 7. The normalized spacial score (nSPS) is 20.6. The second-order valence-electron chi connectivity index (χ2n) is 8.04. The Hall–Kier alpha value is -1.44. The zero-order chi connectivity index (χ0) is 20.0. The van der Waals surface area contributed by atoms with Crippen molar-refractivity contribution in [3.8, 4) is 0 Å². The van der Waals surface area contributed by atoms with E-state index in [1.807, 2.05) is 0 Å². The number of carbonyl (C=O) groups excluding carboxylic acids is 1. The third-order valence-corrected chi connectivity index (χ3v) is 7.67. The van der Waals surface area contributed by atoms with Crippen LogP contribution in [0.3, 0.4) is 0 Å². The summed E-state index contributed by atoms with van der Waals surface area (Å²) in [5.74, 6) is -0.199. The lowest BCUT2D eigenvalue weighted by Gasteiger charge is -2.48. The molecule has 28 heavy (non-hydrogen) atoms. The summed E-state index contributed by atoms with van der Waals surface area (Å²) in [4.78, 5) is 15.5. The van der Waals surface area contributed by atoms with Gasteiger partial charge in [0.05, 0.1) is 4.90 Å². The Morgan fingerprint density at radius 2 is 1.75 bits per heavy atom. The van der Waals surface area contributed by atoms with Crippen molar-refractivity contribution in [2.45, 2.75) is 68.7 Å². The van der Waals surface area contributed by atoms with Crippen LogP contribution in [0.25, 0.3) is 0 Å². The lowest BCUT2D eigenvalue weighted by atomic mass is 9.79. The summed E-state index contributed by atoms with van der Waals surface area (Å²) in [6.45, 7) is 4.92. The smallest absolute Gasteiger partial charge is 0.251 e. The van der Waals surface area contributed by atoms with Crippen LogP contribution in [0.4, 0.5) is 0 Å². The van der Waals surface area contributed by atoms with Gasteiger partial charge in [0.25, 0.3) is 5.91 Å². The summed E-state index contributed by atoms with van der Waals surface area (Å²) >= 11 is 0. The van der Waals surface area contributed by atoms with E-state index in [4.69, 9.17) is 0 Å². The van der Waals surface area contributed by atoms with Crippen LogP contribution >= 0.6 is 0 Å². The van der Waals surface area contributed by atoms with Crippen LogP contribution in [-0.4, -0.2) is 50.9 Å². The number of carbonyl (C=O) groups is 1. The van der Waals surface area contributed by atoms with E-state index in [0.717, 1.165) is 25.9 Å². The molecule has 0 aromatic heterocycles. The molecule has 1 aliphatic heterocycles. The van der Waals surface area contributed by atoms with Gasteiger partial charge in [0.2, 0.25) is 10.0 Å². The summed E-state index contributed by atoms with van der Waals surface area (Å²) in [7, 11) is -3.57. The Balaban J connectivity index is 1.71. The Morgan fingerprint density at radius 3 is 2.43 bits per heavy atom. The van der Waals surface area contributed by atoms with Gasteiger partial charge < -0.3 is 5.32 Å². The zero-order valence-electron chi connectivity index (χ0n) is 16.9. The summed E-state index contributed by atoms with van der Waals surface area (Å²) in [6, 6.07) is 6.28. The van der Waals surface area contributed by atoms with Gasteiger partial charge in [-0.2, -0.15) is 0 Å². The third-order valence-electron chi connectivity index (χ3n) is 6.13. The Morgan fingerprint density at radius 1 is 1.07 bits per heavy atom. The maximum atomic E-state index is 12.8. The van der Waals surface area contributed by atoms with E-state index in [1.165, 1.54) is 50.7 Å². The molecule has 7 heteroatoms. The Bertz CT molecular complexity index is 767. The lowest BCUT2D eigenvalue weighted by molar-refractivity contribution is 0.0326. The zero-order valence-corrected chi connectivity index (χ0v) is 17.7. The van der Waals surface area contributed by atoms with Gasteiger partial charge in [-0.25, -0.2) is 13.1 Å². The molecule has 1 heterocycles. The average Bonchev–Trinajstić information content (AvgIpc) is 2.73. The molecule has 0 radical (unpaired) electrons. The first-order chi connectivity index (χ1) is 13.5. The highest BCUT2D eigenvalue weighted by Gasteiger charge is 2.38. The molecule has 156 valence electrons. The molecule has 1 saturated carbocycles. The molecule has 1 aromatic rings. The molecular formula is C21H33N3O3S. The van der Waals surface area contributed by atoms with Crippen molar-refractivity contribution in [2.75, 3.05) is 26.2 Å². The second kappa shape index (κ2) is 9.37. The van der Waals surface area contributed by atoms with E-state index in [1.54, 1.807) is 19.1 Å². The van der Waals surface area contributed by atoms with Crippen molar-refractivity contribution < 1.29 is 13.2 Å². The number of amides is 1. The fraction of sp³-hybridized carbons (Fsp3) is 0.667. The summed E-state index contributed by atoms with van der Waals surface area (Å²) in [5.41, 5.74) is 0.450. The van der Waals surface area contributed by atoms with Gasteiger partial charge in [-0.05, 0) is 57.0 Å². The monoisotopic (exact) mass is 407 g/mol. The average molecular weight is 408 g/mol. The minimum atomic E-state index is -3.57. The molecular weight excluding hydrogens is 374 g/mol. The number of piperidine rings is 1. The first-order valence-electron chi connectivity index (χ1n) is 10.6. The predicted octanol–water partition coefficient (Wildman–Crippen LogP) is 2.90. The van der Waals surface area contributed by atoms with E-state index in [-0.39, 0.29) is 16.3 Å². The summed E-state index contributed by atoms with van der Waals surface area (Å²) < 4.78 is 26.9. The maximum absolute atomic E-state index is 12.8. The highest BCUT2D eigenvalue weighted by atomic mass is 32.2. The van der Waals surface area contributed by atoms with Gasteiger partial charge in [-0.1, -0.05) is 38.7 Å². The van der Waals surface area contributed by atoms with Crippen molar-refractivity contribution in [3.63, 3.8) is 0 Å². The largest absolute Gasteiger partial charge is 0.350 e. The van der Waals surface area contributed by atoms with Crippen LogP contribution in [0.15, 0.2) is 29.2 Å². The number of hydrogen-bond acceptors (Lipinski definition) is 4. The van der Waals surface area contributed by atoms with Crippen LogP contribution in [0.5, 0.6) is 0 Å². The standard InChI is InChI=1S/C21H33N3O3S/c1-2-23-28(26,27)19-11-9-10-18(16-19)20(25)22-17-21(12-5-3-6-13-21)24-14-7-4-8-15-24/h9-11,16,23H,2-8,12-15,17H2,1H3,(H,22,25). The van der Waals surface area contributed by atoms with Gasteiger partial charge in [0.15, 0.2) is 0 Å². The van der Waals surface area contributed by atoms with Crippen molar-refractivity contribution in [1.29, 1.82) is 0 Å². The first kappa shape index (κ1) is 21.3. The molecule has 2 fully saturated rings.